The highest BCUT2D eigenvalue weighted by Crippen LogP contribution is 2.36. The predicted octanol–water partition coefficient (Wildman–Crippen LogP) is 5.23. The van der Waals surface area contributed by atoms with Crippen molar-refractivity contribution >= 4 is 16.8 Å². The van der Waals surface area contributed by atoms with E-state index in [9.17, 15) is 4.79 Å². The fourth-order valence-electron chi connectivity index (χ4n) is 2.76. The quantitative estimate of drug-likeness (QED) is 0.486. The Morgan fingerprint density at radius 1 is 0.957 bits per heavy atom. The average Bonchev–Trinajstić information content (AvgIpc) is 3.21. The summed E-state index contributed by atoms with van der Waals surface area (Å²) in [6.07, 6.45) is 1.60. The third kappa shape index (κ3) is 2.27. The number of benzene rings is 2. The van der Waals surface area contributed by atoms with Crippen LogP contribution in [-0.4, -0.2) is 5.78 Å². The van der Waals surface area contributed by atoms with Gasteiger partial charge in [0.25, 0.3) is 0 Å². The maximum atomic E-state index is 12.9. The molecule has 23 heavy (non-hydrogen) atoms. The van der Waals surface area contributed by atoms with E-state index < -0.39 is 0 Å². The molecule has 0 unspecified atom stereocenters. The average molecular weight is 302 g/mol. The lowest BCUT2D eigenvalue weighted by molar-refractivity contribution is 0.101. The second kappa shape index (κ2) is 5.29. The number of hydrogen-bond donors (Lipinski definition) is 0. The van der Waals surface area contributed by atoms with Gasteiger partial charge in [0.2, 0.25) is 5.78 Å². The van der Waals surface area contributed by atoms with Crippen molar-refractivity contribution in [2.75, 3.05) is 0 Å². The van der Waals surface area contributed by atoms with Crippen molar-refractivity contribution in [3.63, 3.8) is 0 Å². The Morgan fingerprint density at radius 2 is 1.78 bits per heavy atom. The highest BCUT2D eigenvalue weighted by molar-refractivity contribution is 6.15. The zero-order valence-corrected chi connectivity index (χ0v) is 12.6. The molecule has 0 amide bonds. The molecule has 0 bridgehead atoms. The molecule has 0 saturated heterocycles. The second-order valence-electron chi connectivity index (χ2n) is 5.48. The van der Waals surface area contributed by atoms with Crippen LogP contribution in [0, 0.1) is 6.92 Å². The molecule has 112 valence electrons. The van der Waals surface area contributed by atoms with Gasteiger partial charge in [0.1, 0.15) is 11.3 Å². The van der Waals surface area contributed by atoms with Gasteiger partial charge in [-0.1, -0.05) is 42.0 Å². The summed E-state index contributed by atoms with van der Waals surface area (Å²) >= 11 is 0. The summed E-state index contributed by atoms with van der Waals surface area (Å²) in [6, 6.07) is 18.6. The normalized spacial score (nSPS) is 11.0. The van der Waals surface area contributed by atoms with Gasteiger partial charge in [0.15, 0.2) is 5.76 Å². The topological polar surface area (TPSA) is 43.4 Å². The van der Waals surface area contributed by atoms with E-state index in [1.54, 1.807) is 24.5 Å². The minimum atomic E-state index is -0.147. The van der Waals surface area contributed by atoms with Gasteiger partial charge in [-0.25, -0.2) is 0 Å². The molecule has 4 rings (SSSR count). The molecule has 0 spiro atoms. The van der Waals surface area contributed by atoms with Crippen LogP contribution < -0.4 is 0 Å². The molecular formula is C20H14O3. The Morgan fingerprint density at radius 3 is 2.52 bits per heavy atom. The van der Waals surface area contributed by atoms with Gasteiger partial charge in [0.05, 0.1) is 11.8 Å². The van der Waals surface area contributed by atoms with Crippen molar-refractivity contribution in [1.29, 1.82) is 0 Å². The fraction of sp³-hybridized carbons (Fsp3) is 0.0500. The van der Waals surface area contributed by atoms with E-state index in [2.05, 4.69) is 0 Å². The third-order valence-electron chi connectivity index (χ3n) is 3.85. The number of carbonyl (C=O) groups is 1. The summed E-state index contributed by atoms with van der Waals surface area (Å²) in [6.45, 7) is 2.01. The Bertz CT molecular complexity index is 977. The summed E-state index contributed by atoms with van der Waals surface area (Å²) < 4.78 is 11.4. The summed E-state index contributed by atoms with van der Waals surface area (Å²) in [4.78, 5) is 12.9. The lowest BCUT2D eigenvalue weighted by atomic mass is 10.0. The number of aryl methyl sites for hydroxylation is 1. The molecule has 3 heteroatoms. The monoisotopic (exact) mass is 302 g/mol. The van der Waals surface area contributed by atoms with Crippen LogP contribution in [0.5, 0.6) is 0 Å². The molecule has 3 nitrogen and oxygen atoms in total. The van der Waals surface area contributed by atoms with Gasteiger partial charge < -0.3 is 8.83 Å². The minimum absolute atomic E-state index is 0.147. The first-order chi connectivity index (χ1) is 11.2. The molecule has 0 aliphatic rings. The van der Waals surface area contributed by atoms with Crippen LogP contribution in [0.2, 0.25) is 0 Å². The maximum Gasteiger partial charge on any atom is 0.228 e. The predicted molar refractivity (Wildman–Crippen MR) is 88.5 cm³/mol. The Balaban J connectivity index is 1.99. The Hall–Kier alpha value is -3.07. The first kappa shape index (κ1) is 13.6. The van der Waals surface area contributed by atoms with E-state index in [1.807, 2.05) is 49.4 Å². The number of hydrogen-bond acceptors (Lipinski definition) is 3. The molecule has 4 aromatic rings. The van der Waals surface area contributed by atoms with Crippen molar-refractivity contribution in [1.82, 2.24) is 0 Å². The molecule has 0 N–H and O–H groups in total. The molecular weight excluding hydrogens is 288 g/mol. The van der Waals surface area contributed by atoms with Crippen LogP contribution >= 0.6 is 0 Å². The van der Waals surface area contributed by atoms with E-state index >= 15 is 0 Å². The van der Waals surface area contributed by atoms with Crippen molar-refractivity contribution in [3.05, 3.63) is 83.8 Å². The lowest BCUT2D eigenvalue weighted by Crippen LogP contribution is -2.00. The number of furan rings is 2. The Labute approximate surface area is 133 Å². The maximum absolute atomic E-state index is 12.9. The fourth-order valence-corrected chi connectivity index (χ4v) is 2.76. The van der Waals surface area contributed by atoms with Crippen molar-refractivity contribution in [2.45, 2.75) is 6.92 Å². The zero-order chi connectivity index (χ0) is 15.8. The molecule has 2 heterocycles. The minimum Gasteiger partial charge on any atom is -0.464 e. The molecule has 0 saturated carbocycles. The van der Waals surface area contributed by atoms with E-state index in [4.69, 9.17) is 8.83 Å². The van der Waals surface area contributed by atoms with E-state index in [-0.39, 0.29) is 5.78 Å². The molecule has 0 radical (unpaired) electrons. The number of rotatable bonds is 3. The van der Waals surface area contributed by atoms with Gasteiger partial charge in [0, 0.05) is 10.9 Å². The van der Waals surface area contributed by atoms with Crippen LogP contribution in [0.4, 0.5) is 0 Å². The van der Waals surface area contributed by atoms with E-state index in [0.717, 1.165) is 10.9 Å². The SMILES string of the molecule is Cc1ccc2oc(C(=O)c3ccccc3)c(-c3ccco3)c2c1. The van der Waals surface area contributed by atoms with Crippen LogP contribution in [0.15, 0.2) is 75.8 Å². The second-order valence-corrected chi connectivity index (χ2v) is 5.48. The summed E-state index contributed by atoms with van der Waals surface area (Å²) in [5.41, 5.74) is 3.09. The molecule has 0 fully saturated rings. The molecule has 0 aliphatic carbocycles. The standard InChI is InChI=1S/C20H14O3/c1-13-9-10-16-15(12-13)18(17-8-5-11-22-17)20(23-16)19(21)14-6-3-2-4-7-14/h2-12H,1H3. The van der Waals surface area contributed by atoms with Crippen LogP contribution in [-0.2, 0) is 0 Å². The molecule has 0 aliphatic heterocycles. The number of carbonyl (C=O) groups excluding carboxylic acids is 1. The first-order valence-electron chi connectivity index (χ1n) is 7.41. The summed E-state index contributed by atoms with van der Waals surface area (Å²) in [5, 5.41) is 0.888. The van der Waals surface area contributed by atoms with Gasteiger partial charge in [-0.2, -0.15) is 0 Å². The van der Waals surface area contributed by atoms with Gasteiger partial charge in [-0.15, -0.1) is 0 Å². The largest absolute Gasteiger partial charge is 0.464 e. The molecule has 0 atom stereocenters. The third-order valence-corrected chi connectivity index (χ3v) is 3.85. The summed E-state index contributed by atoms with van der Waals surface area (Å²) in [5.74, 6) is 0.797. The van der Waals surface area contributed by atoms with Crippen molar-refractivity contribution in [2.24, 2.45) is 0 Å². The van der Waals surface area contributed by atoms with Crippen LogP contribution in [0.1, 0.15) is 21.7 Å². The highest BCUT2D eigenvalue weighted by atomic mass is 16.4. The Kier molecular flexibility index (Phi) is 3.12. The van der Waals surface area contributed by atoms with Gasteiger partial charge in [-0.3, -0.25) is 4.79 Å². The molecule has 2 aromatic carbocycles. The van der Waals surface area contributed by atoms with E-state index in [1.165, 1.54) is 0 Å². The van der Waals surface area contributed by atoms with Crippen LogP contribution in [0.3, 0.4) is 0 Å². The number of fused-ring (bicyclic) bond motifs is 1. The molecule has 2 aromatic heterocycles. The van der Waals surface area contributed by atoms with Crippen molar-refractivity contribution in [3.8, 4) is 11.3 Å². The lowest BCUT2D eigenvalue weighted by Gasteiger charge is -2.00. The zero-order valence-electron chi connectivity index (χ0n) is 12.6. The van der Waals surface area contributed by atoms with Gasteiger partial charge in [-0.05, 0) is 31.2 Å². The smallest absolute Gasteiger partial charge is 0.228 e. The first-order valence-corrected chi connectivity index (χ1v) is 7.41. The highest BCUT2D eigenvalue weighted by Gasteiger charge is 2.24. The summed E-state index contributed by atoms with van der Waals surface area (Å²) in [7, 11) is 0. The van der Waals surface area contributed by atoms with Gasteiger partial charge >= 0.3 is 0 Å². The van der Waals surface area contributed by atoms with Crippen LogP contribution in [0.25, 0.3) is 22.3 Å². The van der Waals surface area contributed by atoms with Crippen molar-refractivity contribution < 1.29 is 13.6 Å². The number of ketones is 1. The van der Waals surface area contributed by atoms with E-state index in [0.29, 0.717) is 28.2 Å².